The minimum Gasteiger partial charge on any atom is -0.351 e. The maximum absolute atomic E-state index is 14.1. The minimum atomic E-state index is -0.778. The van der Waals surface area contributed by atoms with Crippen molar-refractivity contribution in [2.45, 2.75) is 71.9 Å². The molecule has 1 aliphatic rings. The summed E-state index contributed by atoms with van der Waals surface area (Å²) < 4.78 is 0. The number of hydrogen-bond donors (Lipinski definition) is 1. The average molecular weight is 476 g/mol. The molecule has 0 aliphatic heterocycles. The Bertz CT molecular complexity index is 1170. The fraction of sp³-hybridized carbons (Fsp3) is 0.393. The average Bonchev–Trinajstić information content (AvgIpc) is 3.18. The highest BCUT2D eigenvalue weighted by molar-refractivity contribution is 7.13. The van der Waals surface area contributed by atoms with Crippen molar-refractivity contribution in [3.8, 4) is 0 Å². The molecule has 2 amide bonds. The summed E-state index contributed by atoms with van der Waals surface area (Å²) in [5, 5.41) is 4.11. The van der Waals surface area contributed by atoms with Crippen molar-refractivity contribution < 1.29 is 9.59 Å². The van der Waals surface area contributed by atoms with Gasteiger partial charge in [-0.2, -0.15) is 0 Å². The van der Waals surface area contributed by atoms with Gasteiger partial charge in [-0.15, -0.1) is 11.3 Å². The van der Waals surface area contributed by atoms with Crippen LogP contribution in [0.5, 0.6) is 0 Å². The molecule has 3 aromatic rings. The van der Waals surface area contributed by atoms with Gasteiger partial charge in [0.25, 0.3) is 5.91 Å². The van der Waals surface area contributed by atoms with E-state index < -0.39 is 6.04 Å². The Morgan fingerprint density at radius 3 is 2.29 bits per heavy atom. The van der Waals surface area contributed by atoms with E-state index in [-0.39, 0.29) is 17.9 Å². The first-order valence-corrected chi connectivity index (χ1v) is 12.9. The summed E-state index contributed by atoms with van der Waals surface area (Å²) in [5.41, 5.74) is 4.42. The Balaban J connectivity index is 1.82. The molecule has 1 unspecified atom stereocenters. The molecule has 1 N–H and O–H groups in total. The molecular weight excluding hydrogens is 442 g/mol. The third kappa shape index (κ3) is 5.22. The number of rotatable bonds is 6. The van der Waals surface area contributed by atoms with E-state index in [9.17, 15) is 9.59 Å². The molecule has 1 atom stereocenters. The molecule has 0 bridgehead atoms. The van der Waals surface area contributed by atoms with Gasteiger partial charge in [-0.1, -0.05) is 55.7 Å². The molecule has 34 heavy (non-hydrogen) atoms. The van der Waals surface area contributed by atoms with Gasteiger partial charge < -0.3 is 5.32 Å². The van der Waals surface area contributed by atoms with Gasteiger partial charge in [-0.25, -0.2) is 4.98 Å². The van der Waals surface area contributed by atoms with Crippen LogP contribution in [0, 0.1) is 27.7 Å². The number of amides is 2. The van der Waals surface area contributed by atoms with Crippen molar-refractivity contribution in [2.75, 3.05) is 4.90 Å². The number of nitrogens with zero attached hydrogens (tertiary/aromatic N) is 2. The summed E-state index contributed by atoms with van der Waals surface area (Å²) >= 11 is 1.38. The first kappa shape index (κ1) is 24.1. The SMILES string of the molecule is Cc1nc(C)c(C(=O)N(c2ccc(C)c(C)c2)C(C(=O)NC2CCCCC2)c2ccccc2)s1. The lowest BCUT2D eigenvalue weighted by molar-refractivity contribution is -0.123. The van der Waals surface area contributed by atoms with E-state index >= 15 is 0 Å². The van der Waals surface area contributed by atoms with Crippen molar-refractivity contribution in [3.05, 3.63) is 80.8 Å². The van der Waals surface area contributed by atoms with Gasteiger partial charge in [0.1, 0.15) is 10.9 Å². The zero-order chi connectivity index (χ0) is 24.2. The van der Waals surface area contributed by atoms with Crippen molar-refractivity contribution >= 4 is 28.8 Å². The lowest BCUT2D eigenvalue weighted by Gasteiger charge is -2.33. The molecule has 0 radical (unpaired) electrons. The summed E-state index contributed by atoms with van der Waals surface area (Å²) in [6.07, 6.45) is 5.43. The standard InChI is InChI=1S/C28H33N3O2S/c1-18-15-16-24(17-19(18)2)31(28(33)26-20(3)29-21(4)34-26)25(22-11-7-5-8-12-22)27(32)30-23-13-9-6-10-14-23/h5,7-8,11-12,15-17,23,25H,6,9-10,13-14H2,1-4H3,(H,30,32). The number of carbonyl (C=O) groups is 2. The Kier molecular flexibility index (Phi) is 7.47. The summed E-state index contributed by atoms with van der Waals surface area (Å²) in [6.45, 7) is 7.84. The first-order valence-electron chi connectivity index (χ1n) is 12.1. The molecular formula is C28H33N3O2S. The predicted octanol–water partition coefficient (Wildman–Crippen LogP) is 6.21. The van der Waals surface area contributed by atoms with E-state index in [1.807, 2.05) is 76.2 Å². The van der Waals surface area contributed by atoms with Crippen molar-refractivity contribution in [1.82, 2.24) is 10.3 Å². The lowest BCUT2D eigenvalue weighted by atomic mass is 9.94. The highest BCUT2D eigenvalue weighted by Crippen LogP contribution is 2.33. The zero-order valence-electron chi connectivity index (χ0n) is 20.4. The van der Waals surface area contributed by atoms with Crippen LogP contribution in [0.4, 0.5) is 5.69 Å². The van der Waals surface area contributed by atoms with Crippen LogP contribution in [0.15, 0.2) is 48.5 Å². The smallest absolute Gasteiger partial charge is 0.271 e. The van der Waals surface area contributed by atoms with E-state index in [1.165, 1.54) is 17.8 Å². The van der Waals surface area contributed by atoms with E-state index in [1.54, 1.807) is 4.90 Å². The highest BCUT2D eigenvalue weighted by Gasteiger charge is 2.36. The number of hydrogen-bond acceptors (Lipinski definition) is 4. The van der Waals surface area contributed by atoms with Crippen LogP contribution in [0.25, 0.3) is 0 Å². The van der Waals surface area contributed by atoms with Crippen LogP contribution in [0.1, 0.15) is 75.2 Å². The normalized spacial score (nSPS) is 15.1. The first-order chi connectivity index (χ1) is 16.3. The minimum absolute atomic E-state index is 0.136. The number of aromatic nitrogens is 1. The number of carbonyl (C=O) groups excluding carboxylic acids is 2. The Hall–Kier alpha value is -2.99. The third-order valence-electron chi connectivity index (χ3n) is 6.66. The summed E-state index contributed by atoms with van der Waals surface area (Å²) in [6, 6.07) is 14.9. The second-order valence-corrected chi connectivity index (χ2v) is 10.5. The molecule has 178 valence electrons. The molecule has 5 nitrogen and oxygen atoms in total. The van der Waals surface area contributed by atoms with E-state index in [0.717, 1.165) is 47.4 Å². The quantitative estimate of drug-likeness (QED) is 0.461. The molecule has 1 heterocycles. The lowest BCUT2D eigenvalue weighted by Crippen LogP contribution is -2.47. The molecule has 4 rings (SSSR count). The summed E-state index contributed by atoms with van der Waals surface area (Å²) in [4.78, 5) is 34.7. The number of thiazole rings is 1. The van der Waals surface area contributed by atoms with Crippen LogP contribution < -0.4 is 10.2 Å². The van der Waals surface area contributed by atoms with Crippen molar-refractivity contribution in [3.63, 3.8) is 0 Å². The number of nitrogens with one attached hydrogen (secondary N) is 1. The molecule has 1 saturated carbocycles. The van der Waals surface area contributed by atoms with E-state index in [0.29, 0.717) is 16.3 Å². The van der Waals surface area contributed by atoms with E-state index in [4.69, 9.17) is 0 Å². The zero-order valence-corrected chi connectivity index (χ0v) is 21.2. The van der Waals surface area contributed by atoms with Gasteiger partial charge >= 0.3 is 0 Å². The van der Waals surface area contributed by atoms with Gasteiger partial charge in [0.15, 0.2) is 0 Å². The van der Waals surface area contributed by atoms with Crippen LogP contribution in [-0.2, 0) is 4.79 Å². The van der Waals surface area contributed by atoms with Gasteiger partial charge in [0, 0.05) is 11.7 Å². The van der Waals surface area contributed by atoms with Crippen LogP contribution >= 0.6 is 11.3 Å². The second kappa shape index (κ2) is 10.5. The van der Waals surface area contributed by atoms with Crippen molar-refractivity contribution in [1.29, 1.82) is 0 Å². The van der Waals surface area contributed by atoms with Crippen LogP contribution in [0.3, 0.4) is 0 Å². The fourth-order valence-electron chi connectivity index (χ4n) is 4.68. The highest BCUT2D eigenvalue weighted by atomic mass is 32.1. The molecule has 1 aromatic heterocycles. The van der Waals surface area contributed by atoms with E-state index in [2.05, 4.69) is 10.3 Å². The molecule has 0 spiro atoms. The molecule has 6 heteroatoms. The second-order valence-electron chi connectivity index (χ2n) is 9.25. The number of aryl methyl sites for hydroxylation is 4. The monoisotopic (exact) mass is 475 g/mol. The van der Waals surface area contributed by atoms with Gasteiger partial charge in [0.2, 0.25) is 5.91 Å². The molecule has 1 fully saturated rings. The van der Waals surface area contributed by atoms with Gasteiger partial charge in [-0.05, 0) is 69.4 Å². The largest absolute Gasteiger partial charge is 0.351 e. The van der Waals surface area contributed by atoms with Crippen LogP contribution in [0.2, 0.25) is 0 Å². The van der Waals surface area contributed by atoms with Gasteiger partial charge in [-0.3, -0.25) is 14.5 Å². The fourth-order valence-corrected chi connectivity index (χ4v) is 5.54. The molecule has 2 aromatic carbocycles. The number of anilines is 1. The van der Waals surface area contributed by atoms with Crippen molar-refractivity contribution in [2.24, 2.45) is 0 Å². The molecule has 0 saturated heterocycles. The third-order valence-corrected chi connectivity index (χ3v) is 7.72. The Labute approximate surface area is 206 Å². The summed E-state index contributed by atoms with van der Waals surface area (Å²) in [7, 11) is 0. The maximum Gasteiger partial charge on any atom is 0.271 e. The van der Waals surface area contributed by atoms with Crippen LogP contribution in [-0.4, -0.2) is 22.8 Å². The summed E-state index contributed by atoms with van der Waals surface area (Å²) in [5.74, 6) is -0.331. The molecule has 1 aliphatic carbocycles. The topological polar surface area (TPSA) is 62.3 Å². The number of benzene rings is 2. The van der Waals surface area contributed by atoms with Gasteiger partial charge in [0.05, 0.1) is 10.7 Å². The predicted molar refractivity (Wildman–Crippen MR) is 139 cm³/mol. The maximum atomic E-state index is 14.1. The Morgan fingerprint density at radius 1 is 0.971 bits per heavy atom. The Morgan fingerprint density at radius 2 is 1.68 bits per heavy atom.